The van der Waals surface area contributed by atoms with Gasteiger partial charge in [-0.2, -0.15) is 0 Å². The summed E-state index contributed by atoms with van der Waals surface area (Å²) in [4.78, 5) is 30.2. The SMILES string of the molecule is C[C@H]1C(=O)NCCCN1C(=O)c1coc(-c2ccccc2)n1. The van der Waals surface area contributed by atoms with Gasteiger partial charge in [-0.1, -0.05) is 18.2 Å². The monoisotopic (exact) mass is 299 g/mol. The number of oxazole rings is 1. The smallest absolute Gasteiger partial charge is 0.276 e. The van der Waals surface area contributed by atoms with Gasteiger partial charge in [0.25, 0.3) is 5.91 Å². The van der Waals surface area contributed by atoms with Crippen molar-refractivity contribution in [1.29, 1.82) is 0 Å². The maximum absolute atomic E-state index is 12.6. The first kappa shape index (κ1) is 14.3. The van der Waals surface area contributed by atoms with Gasteiger partial charge in [0.2, 0.25) is 11.8 Å². The molecule has 114 valence electrons. The summed E-state index contributed by atoms with van der Waals surface area (Å²) >= 11 is 0. The van der Waals surface area contributed by atoms with Crippen molar-refractivity contribution in [2.24, 2.45) is 0 Å². The Hall–Kier alpha value is -2.63. The van der Waals surface area contributed by atoms with Crippen molar-refractivity contribution in [2.45, 2.75) is 19.4 Å². The average Bonchev–Trinajstić information content (AvgIpc) is 2.98. The number of rotatable bonds is 2. The molecule has 1 aromatic carbocycles. The van der Waals surface area contributed by atoms with Crippen molar-refractivity contribution < 1.29 is 14.0 Å². The van der Waals surface area contributed by atoms with Gasteiger partial charge in [-0.3, -0.25) is 9.59 Å². The summed E-state index contributed by atoms with van der Waals surface area (Å²) in [7, 11) is 0. The van der Waals surface area contributed by atoms with Crippen molar-refractivity contribution in [1.82, 2.24) is 15.2 Å². The normalized spacial score (nSPS) is 18.7. The summed E-state index contributed by atoms with van der Waals surface area (Å²) in [6, 6.07) is 8.87. The molecule has 2 amide bonds. The van der Waals surface area contributed by atoms with Gasteiger partial charge in [0.15, 0.2) is 5.69 Å². The third-order valence-electron chi connectivity index (χ3n) is 3.73. The lowest BCUT2D eigenvalue weighted by Crippen LogP contribution is -2.45. The minimum Gasteiger partial charge on any atom is -0.444 e. The zero-order chi connectivity index (χ0) is 15.5. The maximum Gasteiger partial charge on any atom is 0.276 e. The second-order valence-electron chi connectivity index (χ2n) is 5.22. The molecule has 0 radical (unpaired) electrons. The number of carbonyl (C=O) groups excluding carboxylic acids is 2. The van der Waals surface area contributed by atoms with Crippen LogP contribution in [0.1, 0.15) is 23.8 Å². The highest BCUT2D eigenvalue weighted by molar-refractivity contribution is 5.96. The van der Waals surface area contributed by atoms with E-state index in [4.69, 9.17) is 4.42 Å². The molecule has 1 N–H and O–H groups in total. The van der Waals surface area contributed by atoms with E-state index in [-0.39, 0.29) is 17.5 Å². The van der Waals surface area contributed by atoms with Gasteiger partial charge in [0.1, 0.15) is 12.3 Å². The van der Waals surface area contributed by atoms with Gasteiger partial charge >= 0.3 is 0 Å². The summed E-state index contributed by atoms with van der Waals surface area (Å²) in [5.74, 6) is -0.0241. The molecule has 0 bridgehead atoms. The molecule has 2 heterocycles. The molecule has 1 fully saturated rings. The Morgan fingerprint density at radius 2 is 2.14 bits per heavy atom. The van der Waals surface area contributed by atoms with E-state index in [1.54, 1.807) is 6.92 Å². The molecule has 1 atom stereocenters. The molecule has 0 aliphatic carbocycles. The summed E-state index contributed by atoms with van der Waals surface area (Å²) in [6.07, 6.45) is 2.07. The predicted molar refractivity (Wildman–Crippen MR) is 80.1 cm³/mol. The Kier molecular flexibility index (Phi) is 3.91. The van der Waals surface area contributed by atoms with Crippen LogP contribution in [0, 0.1) is 0 Å². The summed E-state index contributed by atoms with van der Waals surface area (Å²) in [5, 5.41) is 2.78. The van der Waals surface area contributed by atoms with Gasteiger partial charge in [0.05, 0.1) is 0 Å². The van der Waals surface area contributed by atoms with Crippen molar-refractivity contribution in [3.8, 4) is 11.5 Å². The Labute approximate surface area is 128 Å². The molecule has 6 heteroatoms. The topological polar surface area (TPSA) is 75.4 Å². The van der Waals surface area contributed by atoms with Crippen LogP contribution >= 0.6 is 0 Å². The second-order valence-corrected chi connectivity index (χ2v) is 5.22. The summed E-state index contributed by atoms with van der Waals surface area (Å²) in [6.45, 7) is 2.82. The van der Waals surface area contributed by atoms with Gasteiger partial charge in [-0.05, 0) is 25.5 Å². The predicted octanol–water partition coefficient (Wildman–Crippen LogP) is 1.69. The summed E-state index contributed by atoms with van der Waals surface area (Å²) in [5.41, 5.74) is 1.03. The van der Waals surface area contributed by atoms with Crippen molar-refractivity contribution in [3.63, 3.8) is 0 Å². The first-order chi connectivity index (χ1) is 10.7. The van der Waals surface area contributed by atoms with E-state index >= 15 is 0 Å². The average molecular weight is 299 g/mol. The molecule has 1 aliphatic heterocycles. The minimum absolute atomic E-state index is 0.141. The lowest BCUT2D eigenvalue weighted by Gasteiger charge is -2.24. The molecular weight excluding hydrogens is 282 g/mol. The van der Waals surface area contributed by atoms with Crippen LogP contribution in [0.5, 0.6) is 0 Å². The molecule has 0 spiro atoms. The molecule has 1 saturated heterocycles. The quantitative estimate of drug-likeness (QED) is 0.915. The number of amides is 2. The third-order valence-corrected chi connectivity index (χ3v) is 3.73. The van der Waals surface area contributed by atoms with E-state index in [1.165, 1.54) is 11.2 Å². The van der Waals surface area contributed by atoms with Gasteiger partial charge in [-0.25, -0.2) is 4.98 Å². The molecule has 1 aromatic heterocycles. The number of aromatic nitrogens is 1. The van der Waals surface area contributed by atoms with Crippen molar-refractivity contribution >= 4 is 11.8 Å². The molecule has 2 aromatic rings. The summed E-state index contributed by atoms with van der Waals surface area (Å²) < 4.78 is 5.40. The van der Waals surface area contributed by atoms with Crippen LogP contribution < -0.4 is 5.32 Å². The van der Waals surface area contributed by atoms with Crippen molar-refractivity contribution in [2.75, 3.05) is 13.1 Å². The van der Waals surface area contributed by atoms with Crippen LogP contribution in [0.15, 0.2) is 41.0 Å². The molecule has 0 unspecified atom stereocenters. The Morgan fingerprint density at radius 1 is 1.36 bits per heavy atom. The number of nitrogens with zero attached hydrogens (tertiary/aromatic N) is 2. The van der Waals surface area contributed by atoms with Gasteiger partial charge in [0, 0.05) is 18.7 Å². The minimum atomic E-state index is -0.508. The van der Waals surface area contributed by atoms with Crippen LogP contribution in [0.2, 0.25) is 0 Å². The number of nitrogens with one attached hydrogen (secondary N) is 1. The lowest BCUT2D eigenvalue weighted by atomic mass is 10.2. The highest BCUT2D eigenvalue weighted by atomic mass is 16.3. The van der Waals surface area contributed by atoms with Crippen molar-refractivity contribution in [3.05, 3.63) is 42.3 Å². The van der Waals surface area contributed by atoms with Crippen LogP contribution in [0.3, 0.4) is 0 Å². The lowest BCUT2D eigenvalue weighted by molar-refractivity contribution is -0.124. The van der Waals surface area contributed by atoms with Crippen LogP contribution in [0.4, 0.5) is 0 Å². The zero-order valence-electron chi connectivity index (χ0n) is 12.3. The van der Waals surface area contributed by atoms with Crippen LogP contribution in [-0.4, -0.2) is 40.8 Å². The zero-order valence-corrected chi connectivity index (χ0v) is 12.3. The van der Waals surface area contributed by atoms with E-state index in [0.29, 0.717) is 19.0 Å². The Balaban J connectivity index is 1.83. The maximum atomic E-state index is 12.6. The van der Waals surface area contributed by atoms with Gasteiger partial charge < -0.3 is 14.6 Å². The molecule has 3 rings (SSSR count). The fourth-order valence-corrected chi connectivity index (χ4v) is 2.45. The number of carbonyl (C=O) groups is 2. The second kappa shape index (κ2) is 6.01. The number of benzene rings is 1. The van der Waals surface area contributed by atoms with E-state index in [9.17, 15) is 9.59 Å². The molecular formula is C16H17N3O3. The fraction of sp³-hybridized carbons (Fsp3) is 0.312. The first-order valence-corrected chi connectivity index (χ1v) is 7.26. The molecule has 1 aliphatic rings. The van der Waals surface area contributed by atoms with E-state index in [0.717, 1.165) is 12.0 Å². The standard InChI is InChI=1S/C16H17N3O3/c1-11-14(20)17-8-5-9-19(11)16(21)13-10-22-15(18-13)12-6-3-2-4-7-12/h2-4,6-7,10-11H,5,8-9H2,1H3,(H,17,20)/t11-/m0/s1. The van der Waals surface area contributed by atoms with Crippen LogP contribution in [0.25, 0.3) is 11.5 Å². The largest absolute Gasteiger partial charge is 0.444 e. The fourth-order valence-electron chi connectivity index (χ4n) is 2.45. The van der Waals surface area contributed by atoms with Gasteiger partial charge in [-0.15, -0.1) is 0 Å². The highest BCUT2D eigenvalue weighted by Crippen LogP contribution is 2.19. The Bertz CT molecular complexity index is 681. The van der Waals surface area contributed by atoms with E-state index < -0.39 is 6.04 Å². The molecule has 6 nitrogen and oxygen atoms in total. The van der Waals surface area contributed by atoms with E-state index in [2.05, 4.69) is 10.3 Å². The number of hydrogen-bond donors (Lipinski definition) is 1. The molecule has 22 heavy (non-hydrogen) atoms. The van der Waals surface area contributed by atoms with Crippen LogP contribution in [-0.2, 0) is 4.79 Å². The molecule has 0 saturated carbocycles. The first-order valence-electron chi connectivity index (χ1n) is 7.26. The Morgan fingerprint density at radius 3 is 2.91 bits per heavy atom. The van der Waals surface area contributed by atoms with E-state index in [1.807, 2.05) is 30.3 Å². The third kappa shape index (κ3) is 2.72. The highest BCUT2D eigenvalue weighted by Gasteiger charge is 2.30. The number of hydrogen-bond acceptors (Lipinski definition) is 4.